The Morgan fingerprint density at radius 3 is 2.80 bits per heavy atom. The zero-order valence-electron chi connectivity index (χ0n) is 11.3. The number of hydrogen-bond acceptors (Lipinski definition) is 3. The summed E-state index contributed by atoms with van der Waals surface area (Å²) in [5, 5.41) is 13.5. The van der Waals surface area contributed by atoms with Crippen molar-refractivity contribution in [1.82, 2.24) is 4.90 Å². The fraction of sp³-hybridized carbons (Fsp3) is 0.533. The Labute approximate surface area is 129 Å². The molecule has 0 aliphatic carbocycles. The van der Waals surface area contributed by atoms with E-state index >= 15 is 0 Å². The lowest BCUT2D eigenvalue weighted by Crippen LogP contribution is -2.46. The van der Waals surface area contributed by atoms with E-state index in [-0.39, 0.29) is 5.92 Å². The molecule has 4 atom stereocenters. The first kappa shape index (κ1) is 14.2. The van der Waals surface area contributed by atoms with Crippen molar-refractivity contribution in [3.8, 4) is 0 Å². The fourth-order valence-electron chi connectivity index (χ4n) is 3.89. The predicted octanol–water partition coefficient (Wildman–Crippen LogP) is 4.02. The van der Waals surface area contributed by atoms with Crippen molar-refractivity contribution >= 4 is 29.4 Å². The van der Waals surface area contributed by atoms with Gasteiger partial charge in [-0.3, -0.25) is 4.90 Å². The van der Waals surface area contributed by atoms with Crippen LogP contribution in [-0.4, -0.2) is 35.5 Å². The van der Waals surface area contributed by atoms with Crippen LogP contribution in [-0.2, 0) is 0 Å². The third-order valence-electron chi connectivity index (χ3n) is 4.94. The Balaban J connectivity index is 1.96. The van der Waals surface area contributed by atoms with Crippen LogP contribution < -0.4 is 0 Å². The monoisotopic (exact) mass is 312 g/mol. The minimum atomic E-state index is 0.223. The van der Waals surface area contributed by atoms with Crippen molar-refractivity contribution in [2.75, 3.05) is 7.05 Å². The zero-order valence-corrected chi connectivity index (χ0v) is 12.8. The topological polar surface area (TPSA) is 35.8 Å². The number of rotatable bonds is 2. The fourth-order valence-corrected chi connectivity index (χ4v) is 4.20. The number of halogens is 2. The number of nitrogens with zero attached hydrogens (tertiary/aromatic N) is 2. The summed E-state index contributed by atoms with van der Waals surface area (Å²) in [6.07, 6.45) is 5.14. The van der Waals surface area contributed by atoms with Crippen LogP contribution in [0.25, 0.3) is 0 Å². The Morgan fingerprint density at radius 1 is 1.30 bits per heavy atom. The van der Waals surface area contributed by atoms with Crippen LogP contribution in [0.1, 0.15) is 30.7 Å². The summed E-state index contributed by atoms with van der Waals surface area (Å²) in [7, 11) is 2.17. The van der Waals surface area contributed by atoms with E-state index in [2.05, 4.69) is 17.1 Å². The molecule has 1 aromatic carbocycles. The Hall–Kier alpha value is -0.770. The summed E-state index contributed by atoms with van der Waals surface area (Å²) in [6.45, 7) is 0. The van der Waals surface area contributed by atoms with Gasteiger partial charge in [0.15, 0.2) is 0 Å². The molecule has 2 heterocycles. The van der Waals surface area contributed by atoms with E-state index in [0.29, 0.717) is 28.0 Å². The highest BCUT2D eigenvalue weighted by Gasteiger charge is 2.45. The molecule has 0 unspecified atom stereocenters. The van der Waals surface area contributed by atoms with Gasteiger partial charge in [0.05, 0.1) is 10.0 Å². The molecule has 2 bridgehead atoms. The number of fused-ring (bicyclic) bond motifs is 2. The number of hydrogen-bond donors (Lipinski definition) is 1. The number of piperidine rings is 1. The quantitative estimate of drug-likeness (QED) is 0.508. The van der Waals surface area contributed by atoms with Crippen LogP contribution in [0.5, 0.6) is 0 Å². The van der Waals surface area contributed by atoms with E-state index in [9.17, 15) is 0 Å². The van der Waals surface area contributed by atoms with Gasteiger partial charge in [-0.25, -0.2) is 0 Å². The molecule has 20 heavy (non-hydrogen) atoms. The molecule has 0 aromatic heterocycles. The molecule has 2 aliphatic rings. The number of benzene rings is 1. The molecule has 0 saturated carbocycles. The maximum atomic E-state index is 9.00. The standard InChI is InChI=1S/C15H18Cl2N2O/c1-19-10-3-5-15(19)12(8-18-20)11(7-10)9-2-4-13(16)14(17)6-9/h2,4,6,8,10-12,15,20H,3,5,7H2,1H3/b18-8+/t10-,11+,12+,15+/m0/s1. The second kappa shape index (κ2) is 5.55. The maximum absolute atomic E-state index is 9.00. The summed E-state index contributed by atoms with van der Waals surface area (Å²) in [4.78, 5) is 2.43. The molecule has 0 radical (unpaired) electrons. The van der Waals surface area contributed by atoms with Crippen LogP contribution in [0.3, 0.4) is 0 Å². The van der Waals surface area contributed by atoms with Gasteiger partial charge in [0, 0.05) is 24.2 Å². The predicted molar refractivity (Wildman–Crippen MR) is 82.2 cm³/mol. The largest absolute Gasteiger partial charge is 0.411 e. The van der Waals surface area contributed by atoms with Crippen molar-refractivity contribution in [1.29, 1.82) is 0 Å². The molecule has 5 heteroatoms. The van der Waals surface area contributed by atoms with Gasteiger partial charge in [-0.15, -0.1) is 5.16 Å². The zero-order chi connectivity index (χ0) is 14.3. The van der Waals surface area contributed by atoms with E-state index in [0.717, 1.165) is 12.8 Å². The summed E-state index contributed by atoms with van der Waals surface area (Å²) < 4.78 is 0. The average molecular weight is 313 g/mol. The van der Waals surface area contributed by atoms with Gasteiger partial charge in [0.25, 0.3) is 0 Å². The summed E-state index contributed by atoms with van der Waals surface area (Å²) in [5.74, 6) is 0.565. The van der Waals surface area contributed by atoms with E-state index < -0.39 is 0 Å². The lowest BCUT2D eigenvalue weighted by Gasteiger charge is -2.41. The minimum absolute atomic E-state index is 0.223. The molecule has 1 N–H and O–H groups in total. The normalized spacial score (nSPS) is 34.0. The molecule has 0 spiro atoms. The summed E-state index contributed by atoms with van der Waals surface area (Å²) in [5.41, 5.74) is 1.19. The molecular formula is C15H18Cl2N2O. The minimum Gasteiger partial charge on any atom is -0.411 e. The molecule has 3 nitrogen and oxygen atoms in total. The van der Waals surface area contributed by atoms with Gasteiger partial charge >= 0.3 is 0 Å². The first-order valence-electron chi connectivity index (χ1n) is 6.96. The molecule has 1 aromatic rings. The van der Waals surface area contributed by atoms with Crippen LogP contribution in [0.15, 0.2) is 23.4 Å². The van der Waals surface area contributed by atoms with E-state index in [4.69, 9.17) is 28.4 Å². The highest BCUT2D eigenvalue weighted by Crippen LogP contribution is 2.46. The summed E-state index contributed by atoms with van der Waals surface area (Å²) >= 11 is 12.2. The molecule has 3 rings (SSSR count). The van der Waals surface area contributed by atoms with Gasteiger partial charge in [0.2, 0.25) is 0 Å². The molecule has 108 valence electrons. The Morgan fingerprint density at radius 2 is 2.10 bits per heavy atom. The molecule has 2 saturated heterocycles. The second-order valence-electron chi connectivity index (χ2n) is 5.82. The van der Waals surface area contributed by atoms with E-state index in [1.165, 1.54) is 12.0 Å². The average Bonchev–Trinajstić information content (AvgIpc) is 2.67. The first-order valence-corrected chi connectivity index (χ1v) is 7.72. The molecule has 2 aliphatic heterocycles. The van der Waals surface area contributed by atoms with Crippen LogP contribution in [0, 0.1) is 5.92 Å². The Kier molecular flexibility index (Phi) is 3.93. The van der Waals surface area contributed by atoms with Gasteiger partial charge in [-0.2, -0.15) is 0 Å². The van der Waals surface area contributed by atoms with Crippen molar-refractivity contribution in [2.24, 2.45) is 11.1 Å². The Bertz CT molecular complexity index is 535. The van der Waals surface area contributed by atoms with Crippen molar-refractivity contribution in [3.05, 3.63) is 33.8 Å². The summed E-state index contributed by atoms with van der Waals surface area (Å²) in [6, 6.07) is 6.92. The van der Waals surface area contributed by atoms with Crippen LogP contribution >= 0.6 is 23.2 Å². The van der Waals surface area contributed by atoms with E-state index in [1.807, 2.05) is 18.2 Å². The highest BCUT2D eigenvalue weighted by atomic mass is 35.5. The lowest BCUT2D eigenvalue weighted by atomic mass is 9.77. The van der Waals surface area contributed by atoms with Crippen LogP contribution in [0.4, 0.5) is 0 Å². The van der Waals surface area contributed by atoms with Gasteiger partial charge in [-0.05, 0) is 49.9 Å². The van der Waals surface area contributed by atoms with Gasteiger partial charge < -0.3 is 5.21 Å². The van der Waals surface area contributed by atoms with Crippen molar-refractivity contribution in [2.45, 2.75) is 37.3 Å². The lowest BCUT2D eigenvalue weighted by molar-refractivity contribution is 0.133. The SMILES string of the molecule is CN1[C@H]2CC[C@@H]1[C@H](/C=N/O)[C@@H](c1ccc(Cl)c(Cl)c1)C2. The molecule has 2 fully saturated rings. The highest BCUT2D eigenvalue weighted by molar-refractivity contribution is 6.42. The molecule has 0 amide bonds. The third kappa shape index (κ3) is 2.32. The van der Waals surface area contributed by atoms with Crippen molar-refractivity contribution in [3.63, 3.8) is 0 Å². The number of oxime groups is 1. The van der Waals surface area contributed by atoms with E-state index in [1.54, 1.807) is 6.21 Å². The van der Waals surface area contributed by atoms with Crippen molar-refractivity contribution < 1.29 is 5.21 Å². The molecular weight excluding hydrogens is 295 g/mol. The van der Waals surface area contributed by atoms with Crippen LogP contribution in [0.2, 0.25) is 10.0 Å². The maximum Gasteiger partial charge on any atom is 0.0595 e. The second-order valence-corrected chi connectivity index (χ2v) is 6.64. The van der Waals surface area contributed by atoms with Gasteiger partial charge in [-0.1, -0.05) is 29.3 Å². The smallest absolute Gasteiger partial charge is 0.0595 e. The third-order valence-corrected chi connectivity index (χ3v) is 5.68. The first-order chi connectivity index (χ1) is 9.61. The van der Waals surface area contributed by atoms with Gasteiger partial charge in [0.1, 0.15) is 0 Å².